The molecule has 0 aliphatic heterocycles. The van der Waals surface area contributed by atoms with E-state index in [0.29, 0.717) is 0 Å². The Morgan fingerprint density at radius 2 is 1.53 bits per heavy atom. The number of rotatable bonds is 1. The van der Waals surface area contributed by atoms with Crippen LogP contribution in [0.25, 0.3) is 10.9 Å². The molecule has 0 nitrogen and oxygen atoms in total. The van der Waals surface area contributed by atoms with Crippen LogP contribution >= 0.6 is 0 Å². The van der Waals surface area contributed by atoms with E-state index in [1.165, 1.54) is 27.4 Å². The Balaban J connectivity index is 2.50. The molecule has 0 aromatic carbocycles. The van der Waals surface area contributed by atoms with Crippen LogP contribution in [0.5, 0.6) is 0 Å². The molecule has 0 aliphatic carbocycles. The summed E-state index contributed by atoms with van der Waals surface area (Å²) in [7, 11) is 0. The predicted octanol–water partition coefficient (Wildman–Crippen LogP) is 2.96. The van der Waals surface area contributed by atoms with Gasteiger partial charge in [-0.25, -0.2) is 0 Å². The van der Waals surface area contributed by atoms with Gasteiger partial charge >= 0.3 is 92.3 Å². The topological polar surface area (TPSA) is 0 Å². The maximum atomic E-state index is 2.25. The van der Waals surface area contributed by atoms with E-state index >= 15 is 0 Å². The Kier molecular flexibility index (Phi) is 2.86. The molecule has 0 saturated carbocycles. The Morgan fingerprint density at radius 3 is 2.20 bits per heavy atom. The van der Waals surface area contributed by atoms with Gasteiger partial charge in [0.1, 0.15) is 0 Å². The molecule has 0 fully saturated rings. The van der Waals surface area contributed by atoms with Crippen molar-refractivity contribution in [2.75, 3.05) is 0 Å². The Morgan fingerprint density at radius 1 is 0.800 bits per heavy atom. The summed E-state index contributed by atoms with van der Waals surface area (Å²) < 4.78 is 0. The second-order valence-electron chi connectivity index (χ2n) is 4.17. The van der Waals surface area contributed by atoms with Crippen LogP contribution in [0.1, 0.15) is 16.5 Å². The van der Waals surface area contributed by atoms with E-state index in [0.717, 1.165) is 0 Å². The molecule has 0 unspecified atom stereocenters. The summed E-state index contributed by atoms with van der Waals surface area (Å²) in [5.41, 5.74) is 6.63. The summed E-state index contributed by atoms with van der Waals surface area (Å²) in [5, 5.41) is 0. The SMILES string of the molecule is Cc1bc(-c2bc(C)c(C)cc2)ccc1. The molecule has 0 saturated heterocycles. The first-order valence-corrected chi connectivity index (χ1v) is 5.31. The van der Waals surface area contributed by atoms with Gasteiger partial charge < -0.3 is 0 Å². The average molecular weight is 192 g/mol. The van der Waals surface area contributed by atoms with Crippen molar-refractivity contribution in [2.45, 2.75) is 20.8 Å². The van der Waals surface area contributed by atoms with Gasteiger partial charge in [0.05, 0.1) is 0 Å². The van der Waals surface area contributed by atoms with Crippen molar-refractivity contribution in [2.24, 2.45) is 0 Å². The van der Waals surface area contributed by atoms with Crippen LogP contribution in [0.2, 0.25) is 0 Å². The third kappa shape index (κ3) is 2.26. The normalized spacial score (nSPS) is 9.80. The van der Waals surface area contributed by atoms with Gasteiger partial charge in [0.2, 0.25) is 0 Å². The van der Waals surface area contributed by atoms with Crippen LogP contribution in [-0.2, 0) is 0 Å². The first-order valence-electron chi connectivity index (χ1n) is 5.31. The van der Waals surface area contributed by atoms with Gasteiger partial charge in [0, 0.05) is 0 Å². The molecule has 2 heteroatoms. The van der Waals surface area contributed by atoms with Crippen molar-refractivity contribution >= 4 is 13.8 Å². The summed E-state index contributed by atoms with van der Waals surface area (Å²) in [6.45, 7) is 10.9. The van der Waals surface area contributed by atoms with E-state index < -0.39 is 0 Å². The molecule has 0 spiro atoms. The quantitative estimate of drug-likeness (QED) is 0.651. The van der Waals surface area contributed by atoms with Crippen molar-refractivity contribution in [3.63, 3.8) is 0 Å². The minimum atomic E-state index is 1.30. The van der Waals surface area contributed by atoms with Gasteiger partial charge in [-0.3, -0.25) is 0 Å². The molecule has 0 atom stereocenters. The molecule has 0 radical (unpaired) electrons. The first kappa shape index (κ1) is 10.4. The standard InChI is InChI=1S/C13H14B2/c1-9-7-8-13(15-11(9)3)12-6-4-5-10(2)14-12/h4-8H,1-3H3. The fraction of sp³-hybridized carbons (Fsp3) is 0.231. The molecule has 15 heavy (non-hydrogen) atoms. The molecule has 2 aromatic rings. The van der Waals surface area contributed by atoms with Crippen LogP contribution in [0.3, 0.4) is 0 Å². The third-order valence-electron chi connectivity index (χ3n) is 2.86. The van der Waals surface area contributed by atoms with E-state index in [1.807, 2.05) is 0 Å². The van der Waals surface area contributed by atoms with E-state index in [2.05, 4.69) is 64.9 Å². The van der Waals surface area contributed by atoms with Crippen molar-refractivity contribution in [3.8, 4) is 10.9 Å². The average Bonchev–Trinajstić information content (AvgIpc) is 2.22. The molecule has 72 valence electrons. The molecule has 0 amide bonds. The van der Waals surface area contributed by atoms with E-state index in [4.69, 9.17) is 0 Å². The maximum absolute atomic E-state index is 2.25. The molecule has 0 bridgehead atoms. The van der Waals surface area contributed by atoms with E-state index in [9.17, 15) is 0 Å². The number of hydrogen-bond donors (Lipinski definition) is 0. The summed E-state index contributed by atoms with van der Waals surface area (Å²) in [5.74, 6) is 0. The van der Waals surface area contributed by atoms with Crippen LogP contribution in [0.4, 0.5) is 0 Å². The van der Waals surface area contributed by atoms with E-state index in [-0.39, 0.29) is 0 Å². The zero-order valence-corrected chi connectivity index (χ0v) is 9.54. The minimum absolute atomic E-state index is 1.30. The summed E-state index contributed by atoms with van der Waals surface area (Å²) >= 11 is 0. The Bertz CT molecular complexity index is 490. The fourth-order valence-corrected chi connectivity index (χ4v) is 1.75. The molecule has 0 aliphatic rings. The molecule has 2 aromatic heterocycles. The van der Waals surface area contributed by atoms with Crippen LogP contribution < -0.4 is 0 Å². The van der Waals surface area contributed by atoms with Gasteiger partial charge in [0.25, 0.3) is 0 Å². The third-order valence-corrected chi connectivity index (χ3v) is 2.86. The summed E-state index contributed by atoms with van der Waals surface area (Å²) in [4.78, 5) is 0. The van der Waals surface area contributed by atoms with Gasteiger partial charge in [-0.15, -0.1) is 0 Å². The zero-order chi connectivity index (χ0) is 10.8. The van der Waals surface area contributed by atoms with Crippen LogP contribution in [0.15, 0.2) is 30.3 Å². The Labute approximate surface area is 92.8 Å². The Hall–Kier alpha value is -1.17. The summed E-state index contributed by atoms with van der Waals surface area (Å²) in [6.07, 6.45) is 0. The van der Waals surface area contributed by atoms with Crippen LogP contribution in [0, 0.1) is 20.8 Å². The van der Waals surface area contributed by atoms with Gasteiger partial charge in [0.15, 0.2) is 0 Å². The molecular formula is C13H14B2. The molecule has 0 N–H and O–H groups in total. The van der Waals surface area contributed by atoms with Crippen molar-refractivity contribution in [3.05, 3.63) is 46.8 Å². The zero-order valence-electron chi connectivity index (χ0n) is 9.54. The first-order chi connectivity index (χ1) is 7.16. The van der Waals surface area contributed by atoms with Crippen LogP contribution in [-0.4, -0.2) is 13.8 Å². The van der Waals surface area contributed by atoms with Gasteiger partial charge in [-0.2, -0.15) is 0 Å². The fourth-order valence-electron chi connectivity index (χ4n) is 1.75. The predicted molar refractivity (Wildman–Crippen MR) is 68.8 cm³/mol. The number of aryl methyl sites for hydroxylation is 3. The van der Waals surface area contributed by atoms with Crippen molar-refractivity contribution < 1.29 is 0 Å². The van der Waals surface area contributed by atoms with Crippen molar-refractivity contribution in [1.82, 2.24) is 0 Å². The number of hydrogen-bond acceptors (Lipinski definition) is 0. The second-order valence-corrected chi connectivity index (χ2v) is 4.17. The van der Waals surface area contributed by atoms with Crippen molar-refractivity contribution in [1.29, 1.82) is 0 Å². The molecule has 2 rings (SSSR count). The second kappa shape index (κ2) is 4.14. The molecular weight excluding hydrogens is 178 g/mol. The monoisotopic (exact) mass is 192 g/mol. The van der Waals surface area contributed by atoms with Gasteiger partial charge in [-0.05, 0) is 0 Å². The summed E-state index contributed by atoms with van der Waals surface area (Å²) in [6, 6.07) is 10.8. The van der Waals surface area contributed by atoms with E-state index in [1.54, 1.807) is 0 Å². The molecule has 2 heterocycles. The van der Waals surface area contributed by atoms with Gasteiger partial charge in [-0.1, -0.05) is 0 Å².